The van der Waals surface area contributed by atoms with E-state index >= 15 is 0 Å². The van der Waals surface area contributed by atoms with Crippen molar-refractivity contribution in [1.29, 1.82) is 0 Å². The van der Waals surface area contributed by atoms with Crippen LogP contribution in [0, 0.1) is 6.92 Å². The minimum Gasteiger partial charge on any atom is -0.370 e. The first-order chi connectivity index (χ1) is 9.58. The van der Waals surface area contributed by atoms with Gasteiger partial charge in [-0.1, -0.05) is 20.8 Å². The van der Waals surface area contributed by atoms with Crippen LogP contribution in [0.15, 0.2) is 12.3 Å². The zero-order valence-corrected chi connectivity index (χ0v) is 13.4. The summed E-state index contributed by atoms with van der Waals surface area (Å²) in [5.41, 5.74) is 1.01. The van der Waals surface area contributed by atoms with E-state index in [9.17, 15) is 0 Å². The lowest BCUT2D eigenvalue weighted by Gasteiger charge is -2.09. The lowest BCUT2D eigenvalue weighted by Crippen LogP contribution is -2.09. The Morgan fingerprint density at radius 1 is 1.30 bits per heavy atom. The van der Waals surface area contributed by atoms with Crippen molar-refractivity contribution in [3.63, 3.8) is 0 Å². The predicted molar refractivity (Wildman–Crippen MR) is 84.5 cm³/mol. The Morgan fingerprint density at radius 3 is 2.75 bits per heavy atom. The Morgan fingerprint density at radius 2 is 2.10 bits per heavy atom. The molecule has 108 valence electrons. The van der Waals surface area contributed by atoms with E-state index in [1.165, 1.54) is 9.88 Å². The van der Waals surface area contributed by atoms with E-state index in [4.69, 9.17) is 0 Å². The number of nitrogens with zero attached hydrogens (tertiary/aromatic N) is 3. The zero-order chi connectivity index (χ0) is 14.5. The van der Waals surface area contributed by atoms with Gasteiger partial charge in [-0.3, -0.25) is 0 Å². The normalized spacial score (nSPS) is 11.1. The molecule has 0 aliphatic rings. The Balaban J connectivity index is 1.93. The van der Waals surface area contributed by atoms with Crippen LogP contribution in [0.5, 0.6) is 0 Å². The molecule has 5 heteroatoms. The second kappa shape index (κ2) is 6.79. The third-order valence-corrected chi connectivity index (χ3v) is 4.18. The van der Waals surface area contributed by atoms with Crippen molar-refractivity contribution in [1.82, 2.24) is 15.0 Å². The second-order valence-electron chi connectivity index (χ2n) is 5.16. The standard InChI is InChI=1S/C15H22N4S/c1-5-12-9-17-14(20-12)6-7-16-13-8-11(4)18-15(19-13)10(2)3/h8-10H,5-7H2,1-4H3,(H,16,18,19). The van der Waals surface area contributed by atoms with Gasteiger partial charge >= 0.3 is 0 Å². The molecule has 4 nitrogen and oxygen atoms in total. The minimum atomic E-state index is 0.349. The van der Waals surface area contributed by atoms with Gasteiger partial charge in [-0.2, -0.15) is 0 Å². The minimum absolute atomic E-state index is 0.349. The summed E-state index contributed by atoms with van der Waals surface area (Å²) in [6.45, 7) is 9.24. The monoisotopic (exact) mass is 290 g/mol. The molecule has 0 saturated carbocycles. The highest BCUT2D eigenvalue weighted by Gasteiger charge is 2.06. The molecule has 0 bridgehead atoms. The SMILES string of the molecule is CCc1cnc(CCNc2cc(C)nc(C(C)C)n2)s1. The van der Waals surface area contributed by atoms with Crippen molar-refractivity contribution in [3.05, 3.63) is 33.7 Å². The molecule has 0 aliphatic carbocycles. The van der Waals surface area contributed by atoms with E-state index in [1.807, 2.05) is 19.2 Å². The summed E-state index contributed by atoms with van der Waals surface area (Å²) >= 11 is 1.80. The van der Waals surface area contributed by atoms with Crippen molar-refractivity contribution in [2.45, 2.75) is 46.5 Å². The highest BCUT2D eigenvalue weighted by Crippen LogP contribution is 2.15. The fraction of sp³-hybridized carbons (Fsp3) is 0.533. The highest BCUT2D eigenvalue weighted by molar-refractivity contribution is 7.11. The van der Waals surface area contributed by atoms with E-state index in [-0.39, 0.29) is 0 Å². The van der Waals surface area contributed by atoms with E-state index in [0.29, 0.717) is 5.92 Å². The molecule has 0 radical (unpaired) electrons. The molecular formula is C15H22N4S. The first kappa shape index (κ1) is 14.9. The summed E-state index contributed by atoms with van der Waals surface area (Å²) in [5.74, 6) is 2.16. The van der Waals surface area contributed by atoms with E-state index in [0.717, 1.165) is 36.7 Å². The number of hydrogen-bond acceptors (Lipinski definition) is 5. The summed E-state index contributed by atoms with van der Waals surface area (Å²) in [6, 6.07) is 1.99. The number of aryl methyl sites for hydroxylation is 2. The average molecular weight is 290 g/mol. The summed E-state index contributed by atoms with van der Waals surface area (Å²) in [7, 11) is 0. The molecule has 0 atom stereocenters. The molecule has 0 aliphatic heterocycles. The topological polar surface area (TPSA) is 50.7 Å². The summed E-state index contributed by atoms with van der Waals surface area (Å²) in [5, 5.41) is 4.56. The first-order valence-corrected chi connectivity index (χ1v) is 7.93. The lowest BCUT2D eigenvalue weighted by molar-refractivity contribution is 0.766. The van der Waals surface area contributed by atoms with Crippen LogP contribution < -0.4 is 5.32 Å². The average Bonchev–Trinajstić information content (AvgIpc) is 2.86. The fourth-order valence-electron chi connectivity index (χ4n) is 1.86. The lowest BCUT2D eigenvalue weighted by atomic mass is 10.2. The van der Waals surface area contributed by atoms with Gasteiger partial charge in [0.15, 0.2) is 0 Å². The number of anilines is 1. The molecule has 2 rings (SSSR count). The summed E-state index contributed by atoms with van der Waals surface area (Å²) < 4.78 is 0. The molecule has 20 heavy (non-hydrogen) atoms. The van der Waals surface area contributed by atoms with Crippen LogP contribution >= 0.6 is 11.3 Å². The van der Waals surface area contributed by atoms with Crippen LogP contribution in [0.1, 0.15) is 48.1 Å². The summed E-state index contributed by atoms with van der Waals surface area (Å²) in [4.78, 5) is 14.8. The Labute approximate surface area is 124 Å². The molecule has 0 spiro atoms. The van der Waals surface area contributed by atoms with Gasteiger partial charge in [-0.15, -0.1) is 11.3 Å². The maximum atomic E-state index is 4.55. The van der Waals surface area contributed by atoms with E-state index < -0.39 is 0 Å². The maximum Gasteiger partial charge on any atom is 0.133 e. The molecule has 2 aromatic rings. The molecule has 0 fully saturated rings. The van der Waals surface area contributed by atoms with Crippen LogP contribution in [0.25, 0.3) is 0 Å². The molecule has 0 aromatic carbocycles. The fourth-order valence-corrected chi connectivity index (χ4v) is 2.73. The predicted octanol–water partition coefficient (Wildman–Crippen LogP) is 3.58. The Kier molecular flexibility index (Phi) is 5.06. The quantitative estimate of drug-likeness (QED) is 0.883. The summed E-state index contributed by atoms with van der Waals surface area (Å²) in [6.07, 6.45) is 3.98. The first-order valence-electron chi connectivity index (χ1n) is 7.11. The Bertz CT molecular complexity index is 563. The van der Waals surface area contributed by atoms with Crippen LogP contribution in [0.4, 0.5) is 5.82 Å². The van der Waals surface area contributed by atoms with Crippen LogP contribution in [0.2, 0.25) is 0 Å². The van der Waals surface area contributed by atoms with E-state index in [2.05, 4.69) is 41.0 Å². The zero-order valence-electron chi connectivity index (χ0n) is 12.6. The van der Waals surface area contributed by atoms with Crippen LogP contribution in [0.3, 0.4) is 0 Å². The molecular weight excluding hydrogens is 268 g/mol. The number of hydrogen-bond donors (Lipinski definition) is 1. The van der Waals surface area contributed by atoms with Gasteiger partial charge in [0.25, 0.3) is 0 Å². The molecule has 2 aromatic heterocycles. The van der Waals surface area contributed by atoms with Gasteiger partial charge in [0.2, 0.25) is 0 Å². The third-order valence-electron chi connectivity index (χ3n) is 2.98. The van der Waals surface area contributed by atoms with Crippen molar-refractivity contribution in [3.8, 4) is 0 Å². The van der Waals surface area contributed by atoms with Crippen molar-refractivity contribution >= 4 is 17.2 Å². The number of thiazole rings is 1. The molecule has 0 amide bonds. The number of rotatable bonds is 6. The molecule has 2 heterocycles. The van der Waals surface area contributed by atoms with Crippen molar-refractivity contribution < 1.29 is 0 Å². The molecule has 0 unspecified atom stereocenters. The van der Waals surface area contributed by atoms with Gasteiger partial charge in [-0.05, 0) is 13.3 Å². The van der Waals surface area contributed by atoms with Crippen molar-refractivity contribution in [2.75, 3.05) is 11.9 Å². The number of nitrogens with one attached hydrogen (secondary N) is 1. The van der Waals surface area contributed by atoms with Gasteiger partial charge in [0.1, 0.15) is 11.6 Å². The third kappa shape index (κ3) is 4.00. The van der Waals surface area contributed by atoms with Crippen LogP contribution in [-0.4, -0.2) is 21.5 Å². The largest absolute Gasteiger partial charge is 0.370 e. The van der Waals surface area contributed by atoms with Gasteiger partial charge < -0.3 is 5.32 Å². The molecule has 1 N–H and O–H groups in total. The maximum absolute atomic E-state index is 4.55. The van der Waals surface area contributed by atoms with Gasteiger partial charge in [0.05, 0.1) is 5.01 Å². The van der Waals surface area contributed by atoms with Crippen molar-refractivity contribution in [2.24, 2.45) is 0 Å². The Hall–Kier alpha value is -1.49. The van der Waals surface area contributed by atoms with Gasteiger partial charge in [-0.25, -0.2) is 15.0 Å². The molecule has 0 saturated heterocycles. The number of aromatic nitrogens is 3. The smallest absolute Gasteiger partial charge is 0.133 e. The second-order valence-corrected chi connectivity index (χ2v) is 6.36. The van der Waals surface area contributed by atoms with E-state index in [1.54, 1.807) is 11.3 Å². The van der Waals surface area contributed by atoms with Gasteiger partial charge in [0, 0.05) is 41.7 Å². The highest BCUT2D eigenvalue weighted by atomic mass is 32.1. The van der Waals surface area contributed by atoms with Crippen LogP contribution in [-0.2, 0) is 12.8 Å².